The van der Waals surface area contributed by atoms with Gasteiger partial charge < -0.3 is 0 Å². The molecule has 0 spiro atoms. The molecule has 0 aromatic rings. The first kappa shape index (κ1) is 8.58. The molecular weight excluding hydrogens is 184 g/mol. The van der Waals surface area contributed by atoms with E-state index in [-0.39, 0.29) is 6.04 Å². The maximum atomic E-state index is 8.99. The van der Waals surface area contributed by atoms with Crippen LogP contribution in [0.3, 0.4) is 0 Å². The molecule has 1 saturated heterocycles. The van der Waals surface area contributed by atoms with Gasteiger partial charge in [-0.15, -0.1) is 0 Å². The second kappa shape index (κ2) is 2.58. The summed E-state index contributed by atoms with van der Waals surface area (Å²) in [5.74, 6) is 3.03. The van der Waals surface area contributed by atoms with Crippen LogP contribution in [-0.2, 0) is 0 Å². The minimum absolute atomic E-state index is 0.279. The fraction of sp³-hybridized carbons (Fsp3) is 0.923. The Morgan fingerprint density at radius 2 is 1.53 bits per heavy atom. The quantitative estimate of drug-likeness (QED) is 0.609. The second-order valence-electron chi connectivity index (χ2n) is 6.44. The van der Waals surface area contributed by atoms with Crippen molar-refractivity contribution in [1.82, 2.24) is 4.90 Å². The van der Waals surface area contributed by atoms with Crippen LogP contribution in [-0.4, -0.2) is 23.0 Å². The van der Waals surface area contributed by atoms with Crippen LogP contribution < -0.4 is 0 Å². The van der Waals surface area contributed by atoms with Crippen molar-refractivity contribution in [2.24, 2.45) is 17.8 Å². The molecule has 0 aromatic heterocycles. The molecular formula is C13H18N2. The van der Waals surface area contributed by atoms with E-state index in [4.69, 9.17) is 5.26 Å². The van der Waals surface area contributed by atoms with Gasteiger partial charge in [0.05, 0.1) is 6.07 Å². The lowest BCUT2D eigenvalue weighted by molar-refractivity contribution is -0.0514. The van der Waals surface area contributed by atoms with Crippen LogP contribution in [0.2, 0.25) is 0 Å². The molecule has 4 bridgehead atoms. The smallest absolute Gasteiger partial charge is 0.111 e. The SMILES string of the molecule is N#CC1CN1C12CC3CC(CC(C3)C1)C2. The van der Waals surface area contributed by atoms with Crippen molar-refractivity contribution in [3.05, 3.63) is 0 Å². The Morgan fingerprint density at radius 1 is 1.00 bits per heavy atom. The zero-order chi connectivity index (χ0) is 10.0. The van der Waals surface area contributed by atoms with E-state index in [0.29, 0.717) is 5.54 Å². The van der Waals surface area contributed by atoms with Crippen molar-refractivity contribution in [2.45, 2.75) is 50.1 Å². The van der Waals surface area contributed by atoms with E-state index < -0.39 is 0 Å². The van der Waals surface area contributed by atoms with Gasteiger partial charge in [-0.05, 0) is 56.3 Å². The zero-order valence-electron chi connectivity index (χ0n) is 9.15. The van der Waals surface area contributed by atoms with Crippen molar-refractivity contribution in [3.63, 3.8) is 0 Å². The lowest BCUT2D eigenvalue weighted by Crippen LogP contribution is -2.55. The Morgan fingerprint density at radius 3 is 1.93 bits per heavy atom. The van der Waals surface area contributed by atoms with E-state index >= 15 is 0 Å². The largest absolute Gasteiger partial charge is 0.279 e. The van der Waals surface area contributed by atoms with E-state index in [2.05, 4.69) is 11.0 Å². The number of nitriles is 1. The first-order chi connectivity index (χ1) is 7.29. The summed E-state index contributed by atoms with van der Waals surface area (Å²) in [5.41, 5.74) is 0.495. The number of nitrogens with zero attached hydrogens (tertiary/aromatic N) is 2. The van der Waals surface area contributed by atoms with Crippen LogP contribution >= 0.6 is 0 Å². The lowest BCUT2D eigenvalue weighted by Gasteiger charge is -2.57. The molecule has 5 fully saturated rings. The maximum absolute atomic E-state index is 8.99. The molecule has 0 N–H and O–H groups in total. The van der Waals surface area contributed by atoms with Crippen molar-refractivity contribution in [2.75, 3.05) is 6.54 Å². The zero-order valence-corrected chi connectivity index (χ0v) is 9.15. The molecule has 2 atom stereocenters. The van der Waals surface area contributed by atoms with E-state index in [1.54, 1.807) is 0 Å². The fourth-order valence-electron chi connectivity index (χ4n) is 5.19. The van der Waals surface area contributed by atoms with Crippen LogP contribution in [0.1, 0.15) is 38.5 Å². The Balaban J connectivity index is 1.65. The van der Waals surface area contributed by atoms with Gasteiger partial charge in [-0.2, -0.15) is 5.26 Å². The standard InChI is InChI=1S/C13H18N2/c14-7-12-8-15(12)13-4-9-1-10(5-13)3-11(2-9)6-13/h9-12H,1-6,8H2. The molecule has 4 saturated carbocycles. The first-order valence-corrected chi connectivity index (χ1v) is 6.45. The minimum Gasteiger partial charge on any atom is -0.279 e. The van der Waals surface area contributed by atoms with E-state index in [0.717, 1.165) is 24.3 Å². The van der Waals surface area contributed by atoms with Crippen molar-refractivity contribution in [3.8, 4) is 6.07 Å². The number of hydrogen-bond acceptors (Lipinski definition) is 2. The predicted octanol–water partition coefficient (Wildman–Crippen LogP) is 2.16. The van der Waals surface area contributed by atoms with Crippen molar-refractivity contribution < 1.29 is 0 Å². The molecule has 1 heterocycles. The Bertz CT molecular complexity index is 306. The third-order valence-corrected chi connectivity index (χ3v) is 5.38. The van der Waals surface area contributed by atoms with E-state index in [9.17, 15) is 0 Å². The molecule has 0 amide bonds. The van der Waals surface area contributed by atoms with Gasteiger partial charge in [-0.25, -0.2) is 0 Å². The van der Waals surface area contributed by atoms with Crippen LogP contribution in [0.15, 0.2) is 0 Å². The van der Waals surface area contributed by atoms with Crippen molar-refractivity contribution in [1.29, 1.82) is 5.26 Å². The summed E-state index contributed by atoms with van der Waals surface area (Å²) < 4.78 is 0. The van der Waals surface area contributed by atoms with Gasteiger partial charge in [0.1, 0.15) is 6.04 Å². The van der Waals surface area contributed by atoms with Gasteiger partial charge in [-0.1, -0.05) is 0 Å². The topological polar surface area (TPSA) is 26.8 Å². The minimum atomic E-state index is 0.279. The van der Waals surface area contributed by atoms with Gasteiger partial charge in [0.2, 0.25) is 0 Å². The molecule has 5 aliphatic rings. The van der Waals surface area contributed by atoms with Gasteiger partial charge >= 0.3 is 0 Å². The Hall–Kier alpha value is -0.550. The molecule has 0 aromatic carbocycles. The van der Waals surface area contributed by atoms with Crippen molar-refractivity contribution >= 4 is 0 Å². The van der Waals surface area contributed by atoms with E-state index in [1.165, 1.54) is 38.5 Å². The second-order valence-corrected chi connectivity index (χ2v) is 6.44. The fourth-order valence-corrected chi connectivity index (χ4v) is 5.19. The third kappa shape index (κ3) is 1.08. The van der Waals surface area contributed by atoms with Crippen LogP contribution in [0.25, 0.3) is 0 Å². The van der Waals surface area contributed by atoms with Crippen LogP contribution in [0.4, 0.5) is 0 Å². The summed E-state index contributed by atoms with van der Waals surface area (Å²) in [6.45, 7) is 1.07. The average Bonchev–Trinajstić information content (AvgIpc) is 2.94. The third-order valence-electron chi connectivity index (χ3n) is 5.38. The van der Waals surface area contributed by atoms with Gasteiger partial charge in [-0.3, -0.25) is 4.90 Å². The molecule has 2 nitrogen and oxygen atoms in total. The average molecular weight is 202 g/mol. The monoisotopic (exact) mass is 202 g/mol. The highest BCUT2D eigenvalue weighted by atomic mass is 15.4. The molecule has 2 heteroatoms. The summed E-state index contributed by atoms with van der Waals surface area (Å²) in [6, 6.07) is 2.72. The lowest BCUT2D eigenvalue weighted by atomic mass is 9.53. The number of hydrogen-bond donors (Lipinski definition) is 0. The van der Waals surface area contributed by atoms with Gasteiger partial charge in [0.15, 0.2) is 0 Å². The molecule has 5 rings (SSSR count). The summed E-state index contributed by atoms with van der Waals surface area (Å²) in [6.07, 6.45) is 8.75. The Labute approximate surface area is 91.2 Å². The first-order valence-electron chi connectivity index (χ1n) is 6.45. The molecule has 80 valence electrons. The maximum Gasteiger partial charge on any atom is 0.111 e. The number of rotatable bonds is 1. The summed E-state index contributed by atoms with van der Waals surface area (Å²) >= 11 is 0. The highest BCUT2D eigenvalue weighted by Crippen LogP contribution is 2.59. The van der Waals surface area contributed by atoms with Crippen LogP contribution in [0, 0.1) is 29.1 Å². The summed E-state index contributed by atoms with van der Waals surface area (Å²) in [7, 11) is 0. The molecule has 0 radical (unpaired) electrons. The normalized spacial score (nSPS) is 60.3. The molecule has 2 unspecified atom stereocenters. The molecule has 1 aliphatic heterocycles. The molecule has 15 heavy (non-hydrogen) atoms. The van der Waals surface area contributed by atoms with E-state index in [1.807, 2.05) is 0 Å². The Kier molecular flexibility index (Phi) is 1.47. The van der Waals surface area contributed by atoms with Gasteiger partial charge in [0, 0.05) is 12.1 Å². The molecule has 4 aliphatic carbocycles. The van der Waals surface area contributed by atoms with Gasteiger partial charge in [0.25, 0.3) is 0 Å². The predicted molar refractivity (Wildman–Crippen MR) is 57.0 cm³/mol. The van der Waals surface area contributed by atoms with Crippen LogP contribution in [0.5, 0.6) is 0 Å². The summed E-state index contributed by atoms with van der Waals surface area (Å²) in [5, 5.41) is 8.99. The highest BCUT2D eigenvalue weighted by molar-refractivity contribution is 5.18. The highest BCUT2D eigenvalue weighted by Gasteiger charge is 2.59. The summed E-state index contributed by atoms with van der Waals surface area (Å²) in [4.78, 5) is 2.53.